The first-order chi connectivity index (χ1) is 10.3. The zero-order valence-electron chi connectivity index (χ0n) is 13.7. The Labute approximate surface area is 164 Å². The van der Waals surface area contributed by atoms with Crippen molar-refractivity contribution in [3.05, 3.63) is 28.7 Å². The fourth-order valence-corrected chi connectivity index (χ4v) is 3.19. The molecule has 0 bridgehead atoms. The van der Waals surface area contributed by atoms with E-state index in [4.69, 9.17) is 0 Å². The van der Waals surface area contributed by atoms with Crippen LogP contribution in [0.15, 0.2) is 38.6 Å². The molecule has 0 unspecified atom stereocenters. The van der Waals surface area contributed by atoms with Crippen LogP contribution in [-0.2, 0) is 9.84 Å². The molecule has 1 rings (SSSR count). The molecule has 0 saturated heterocycles. The predicted molar refractivity (Wildman–Crippen MR) is 110 cm³/mol. The summed E-state index contributed by atoms with van der Waals surface area (Å²) in [6, 6.07) is 6.67. The van der Waals surface area contributed by atoms with Crippen LogP contribution in [-0.4, -0.2) is 40.3 Å². The Bertz CT molecular complexity index is 589. The molecule has 23 heavy (non-hydrogen) atoms. The average molecular weight is 518 g/mol. The summed E-state index contributed by atoms with van der Waals surface area (Å²) in [5.41, 5.74) is 0. The lowest BCUT2D eigenvalue weighted by atomic mass is 10.1. The van der Waals surface area contributed by atoms with E-state index >= 15 is 0 Å². The molecule has 0 aliphatic heterocycles. The maximum Gasteiger partial charge on any atom is 0.191 e. The maximum absolute atomic E-state index is 12.2. The van der Waals surface area contributed by atoms with E-state index in [1.165, 1.54) is 0 Å². The van der Waals surface area contributed by atoms with Crippen molar-refractivity contribution < 1.29 is 8.42 Å². The summed E-state index contributed by atoms with van der Waals surface area (Å²) in [5.74, 6) is 1.27. The Morgan fingerprint density at radius 2 is 1.74 bits per heavy atom. The molecule has 0 aliphatic rings. The van der Waals surface area contributed by atoms with Crippen molar-refractivity contribution in [3.63, 3.8) is 0 Å². The number of sulfone groups is 1. The van der Waals surface area contributed by atoms with Crippen LogP contribution in [0.3, 0.4) is 0 Å². The van der Waals surface area contributed by atoms with Crippen molar-refractivity contribution in [3.8, 4) is 0 Å². The van der Waals surface area contributed by atoms with Crippen LogP contribution in [0.25, 0.3) is 0 Å². The number of nitrogens with one attached hydrogen (secondary N) is 2. The van der Waals surface area contributed by atoms with Crippen LogP contribution in [0.1, 0.15) is 20.3 Å². The molecule has 0 spiro atoms. The van der Waals surface area contributed by atoms with Gasteiger partial charge >= 0.3 is 0 Å². The van der Waals surface area contributed by atoms with Crippen LogP contribution >= 0.6 is 39.9 Å². The van der Waals surface area contributed by atoms with E-state index in [-0.39, 0.29) is 29.7 Å². The fraction of sp³-hybridized carbons (Fsp3) is 0.533. The standard InChI is InChI=1S/C15H24BrN3O2S.HI/c1-12(2)8-9-18-15(17-3)19-10-11-22(20,21)14-6-4-13(16)5-7-14;/h4-7,12H,8-11H2,1-3H3,(H2,17,18,19);1H. The molecular formula is C15H25BrIN3O2S. The normalized spacial score (nSPS) is 12.0. The van der Waals surface area contributed by atoms with Crippen molar-refractivity contribution in [1.29, 1.82) is 0 Å². The molecule has 5 nitrogen and oxygen atoms in total. The van der Waals surface area contributed by atoms with Gasteiger partial charge in [-0.15, -0.1) is 24.0 Å². The topological polar surface area (TPSA) is 70.6 Å². The van der Waals surface area contributed by atoms with Gasteiger partial charge in [0.15, 0.2) is 15.8 Å². The highest BCUT2D eigenvalue weighted by Gasteiger charge is 2.14. The number of aliphatic imine (C=N–C) groups is 1. The van der Waals surface area contributed by atoms with Crippen molar-refractivity contribution in [2.24, 2.45) is 10.9 Å². The quantitative estimate of drug-likeness (QED) is 0.331. The van der Waals surface area contributed by atoms with E-state index in [0.29, 0.717) is 23.3 Å². The Morgan fingerprint density at radius 3 is 2.26 bits per heavy atom. The highest BCUT2D eigenvalue weighted by atomic mass is 127. The van der Waals surface area contributed by atoms with Crippen LogP contribution in [0.4, 0.5) is 0 Å². The van der Waals surface area contributed by atoms with Gasteiger partial charge in [0.1, 0.15) is 0 Å². The number of hydrogen-bond acceptors (Lipinski definition) is 3. The van der Waals surface area contributed by atoms with Crippen LogP contribution in [0.2, 0.25) is 0 Å². The molecule has 8 heteroatoms. The molecule has 0 aliphatic carbocycles. The molecule has 2 N–H and O–H groups in total. The Morgan fingerprint density at radius 1 is 1.17 bits per heavy atom. The van der Waals surface area contributed by atoms with Gasteiger partial charge in [-0.3, -0.25) is 4.99 Å². The number of halogens is 2. The van der Waals surface area contributed by atoms with Crippen molar-refractivity contribution in [1.82, 2.24) is 10.6 Å². The first-order valence-corrected chi connectivity index (χ1v) is 9.72. The Kier molecular flexibility index (Phi) is 11.1. The van der Waals surface area contributed by atoms with Gasteiger partial charge in [-0.2, -0.15) is 0 Å². The number of benzene rings is 1. The van der Waals surface area contributed by atoms with Crippen LogP contribution in [0.5, 0.6) is 0 Å². The highest BCUT2D eigenvalue weighted by molar-refractivity contribution is 14.0. The molecule has 0 fully saturated rings. The Hall–Kier alpha value is -0.350. The maximum atomic E-state index is 12.2. The lowest BCUT2D eigenvalue weighted by Crippen LogP contribution is -2.40. The predicted octanol–water partition coefficient (Wildman–Crippen LogP) is 3.05. The molecule has 0 heterocycles. The van der Waals surface area contributed by atoms with Gasteiger partial charge in [0, 0.05) is 24.6 Å². The lowest BCUT2D eigenvalue weighted by molar-refractivity contribution is 0.573. The third-order valence-corrected chi connectivity index (χ3v) is 5.33. The first kappa shape index (κ1) is 22.6. The van der Waals surface area contributed by atoms with E-state index in [1.54, 1.807) is 31.3 Å². The molecular weight excluding hydrogens is 493 g/mol. The molecule has 1 aromatic rings. The second kappa shape index (κ2) is 11.2. The van der Waals surface area contributed by atoms with Gasteiger partial charge in [-0.25, -0.2) is 8.42 Å². The molecule has 1 aromatic carbocycles. The second-order valence-corrected chi connectivity index (χ2v) is 8.41. The van der Waals surface area contributed by atoms with Crippen molar-refractivity contribution >= 4 is 55.7 Å². The molecule has 0 radical (unpaired) electrons. The molecule has 0 atom stereocenters. The van der Waals surface area contributed by atoms with Crippen molar-refractivity contribution in [2.75, 3.05) is 25.9 Å². The van der Waals surface area contributed by atoms with E-state index in [1.807, 2.05) is 0 Å². The molecule has 132 valence electrons. The minimum atomic E-state index is -3.28. The van der Waals surface area contributed by atoms with Gasteiger partial charge in [-0.1, -0.05) is 29.8 Å². The SMILES string of the molecule is CN=C(NCCC(C)C)NCCS(=O)(=O)c1ccc(Br)cc1.I. The van der Waals surface area contributed by atoms with Crippen LogP contribution in [0, 0.1) is 5.92 Å². The van der Waals surface area contributed by atoms with E-state index in [0.717, 1.165) is 17.4 Å². The average Bonchev–Trinajstić information content (AvgIpc) is 2.45. The summed E-state index contributed by atoms with van der Waals surface area (Å²) < 4.78 is 25.3. The van der Waals surface area contributed by atoms with Crippen molar-refractivity contribution in [2.45, 2.75) is 25.2 Å². The summed E-state index contributed by atoms with van der Waals surface area (Å²) >= 11 is 3.30. The smallest absolute Gasteiger partial charge is 0.191 e. The van der Waals surface area contributed by atoms with Gasteiger partial charge in [-0.05, 0) is 36.6 Å². The minimum absolute atomic E-state index is 0. The summed E-state index contributed by atoms with van der Waals surface area (Å²) in [5, 5.41) is 6.20. The van der Waals surface area contributed by atoms with E-state index in [9.17, 15) is 8.42 Å². The summed E-state index contributed by atoms with van der Waals surface area (Å²) in [6.07, 6.45) is 1.04. The van der Waals surface area contributed by atoms with E-state index < -0.39 is 9.84 Å². The zero-order valence-corrected chi connectivity index (χ0v) is 18.4. The first-order valence-electron chi connectivity index (χ1n) is 7.28. The number of nitrogens with zero attached hydrogens (tertiary/aromatic N) is 1. The lowest BCUT2D eigenvalue weighted by Gasteiger charge is -2.13. The van der Waals surface area contributed by atoms with Gasteiger partial charge in [0.05, 0.1) is 10.6 Å². The minimum Gasteiger partial charge on any atom is -0.356 e. The monoisotopic (exact) mass is 517 g/mol. The molecule has 0 amide bonds. The summed E-state index contributed by atoms with van der Waals surface area (Å²) in [4.78, 5) is 4.42. The third kappa shape index (κ3) is 8.90. The molecule has 0 aromatic heterocycles. The second-order valence-electron chi connectivity index (χ2n) is 5.38. The third-order valence-electron chi connectivity index (χ3n) is 3.07. The number of rotatable bonds is 7. The highest BCUT2D eigenvalue weighted by Crippen LogP contribution is 2.15. The number of guanidine groups is 1. The van der Waals surface area contributed by atoms with Crippen LogP contribution < -0.4 is 10.6 Å². The van der Waals surface area contributed by atoms with E-state index in [2.05, 4.69) is 45.4 Å². The Balaban J connectivity index is 0.00000484. The fourth-order valence-electron chi connectivity index (χ4n) is 1.76. The summed E-state index contributed by atoms with van der Waals surface area (Å²) in [7, 11) is -1.61. The van der Waals surface area contributed by atoms with Gasteiger partial charge in [0.2, 0.25) is 0 Å². The molecule has 0 saturated carbocycles. The van der Waals surface area contributed by atoms with Gasteiger partial charge in [0.25, 0.3) is 0 Å². The summed E-state index contributed by atoms with van der Waals surface area (Å²) in [6.45, 7) is 5.45. The largest absolute Gasteiger partial charge is 0.356 e. The number of hydrogen-bond donors (Lipinski definition) is 2. The van der Waals surface area contributed by atoms with Gasteiger partial charge < -0.3 is 10.6 Å². The zero-order chi connectivity index (χ0) is 16.6.